The Morgan fingerprint density at radius 3 is 1.28 bits per heavy atom. The van der Waals surface area contributed by atoms with Crippen LogP contribution in [-0.4, -0.2) is 19.5 Å². The molecule has 0 aliphatic heterocycles. The standard InChI is InChI=1S/C73H44N4O/c1-2-18-45(19-3-1)54-30-12-13-33-57(54)52-28-14-29-53(38-52)61-43-64-69(44-67(61)77-65-41-50-24-6-4-22-48(50)39-62(65)63-40-49-23-5-7-25-51(49)42-66(63)77)78-68-37-17-36-60(70(64)68)73-75-71(58-34-15-26-46-20-8-10-31-55(46)58)74-72(76-73)59-35-16-27-47-21-9-11-32-56(47)59/h1-44H. The van der Waals surface area contributed by atoms with Crippen LogP contribution in [0.2, 0.25) is 0 Å². The van der Waals surface area contributed by atoms with Crippen LogP contribution in [0.1, 0.15) is 0 Å². The maximum absolute atomic E-state index is 7.13. The van der Waals surface area contributed by atoms with E-state index in [0.29, 0.717) is 17.5 Å². The summed E-state index contributed by atoms with van der Waals surface area (Å²) in [6.07, 6.45) is 0. The highest BCUT2D eigenvalue weighted by Gasteiger charge is 2.24. The summed E-state index contributed by atoms with van der Waals surface area (Å²) in [5.74, 6) is 1.77. The predicted molar refractivity (Wildman–Crippen MR) is 324 cm³/mol. The molecule has 5 heteroatoms. The molecule has 0 unspecified atom stereocenters. The quantitative estimate of drug-likeness (QED) is 0.160. The van der Waals surface area contributed by atoms with Crippen LogP contribution in [0.4, 0.5) is 0 Å². The van der Waals surface area contributed by atoms with Crippen molar-refractivity contribution in [2.24, 2.45) is 0 Å². The molecule has 0 spiro atoms. The maximum Gasteiger partial charge on any atom is 0.164 e. The maximum atomic E-state index is 7.13. The Hall–Kier alpha value is -10.5. The third-order valence-electron chi connectivity index (χ3n) is 15.8. The lowest BCUT2D eigenvalue weighted by molar-refractivity contribution is 0.668. The zero-order valence-corrected chi connectivity index (χ0v) is 42.1. The van der Waals surface area contributed by atoms with E-state index in [9.17, 15) is 0 Å². The normalized spacial score (nSPS) is 11.8. The average Bonchev–Trinajstić information content (AvgIpc) is 4.26. The Bertz CT molecular complexity index is 4910. The molecular formula is C73H44N4O. The molecule has 16 rings (SSSR count). The minimum absolute atomic E-state index is 0.565. The van der Waals surface area contributed by atoms with E-state index in [0.717, 1.165) is 99.1 Å². The lowest BCUT2D eigenvalue weighted by atomic mass is 9.92. The highest BCUT2D eigenvalue weighted by molar-refractivity contribution is 6.19. The summed E-state index contributed by atoms with van der Waals surface area (Å²) < 4.78 is 9.60. The minimum Gasteiger partial charge on any atom is -0.456 e. The number of fused-ring (bicyclic) bond motifs is 10. The topological polar surface area (TPSA) is 56.7 Å². The van der Waals surface area contributed by atoms with Crippen LogP contribution >= 0.6 is 0 Å². The predicted octanol–water partition coefficient (Wildman–Crippen LogP) is 19.5. The van der Waals surface area contributed by atoms with Gasteiger partial charge in [0.1, 0.15) is 11.2 Å². The lowest BCUT2D eigenvalue weighted by Gasteiger charge is -2.17. The van der Waals surface area contributed by atoms with Crippen LogP contribution in [-0.2, 0) is 0 Å². The zero-order valence-electron chi connectivity index (χ0n) is 42.1. The molecule has 0 saturated heterocycles. The Morgan fingerprint density at radius 2 is 0.679 bits per heavy atom. The van der Waals surface area contributed by atoms with Crippen molar-refractivity contribution < 1.29 is 4.42 Å². The number of aromatic nitrogens is 4. The number of hydrogen-bond acceptors (Lipinski definition) is 4. The van der Waals surface area contributed by atoms with E-state index < -0.39 is 0 Å². The van der Waals surface area contributed by atoms with Crippen molar-refractivity contribution >= 4 is 86.8 Å². The fourth-order valence-electron chi connectivity index (χ4n) is 12.1. The van der Waals surface area contributed by atoms with E-state index in [-0.39, 0.29) is 0 Å². The van der Waals surface area contributed by atoms with Crippen molar-refractivity contribution in [3.05, 3.63) is 267 Å². The molecule has 0 aliphatic rings. The van der Waals surface area contributed by atoms with Crippen LogP contribution in [0.5, 0.6) is 0 Å². The van der Waals surface area contributed by atoms with Crippen LogP contribution < -0.4 is 0 Å². The van der Waals surface area contributed by atoms with Gasteiger partial charge < -0.3 is 8.98 Å². The van der Waals surface area contributed by atoms with E-state index in [1.807, 2.05) is 0 Å². The van der Waals surface area contributed by atoms with Crippen LogP contribution in [0.25, 0.3) is 160 Å². The van der Waals surface area contributed by atoms with Crippen molar-refractivity contribution in [2.45, 2.75) is 0 Å². The molecule has 0 saturated carbocycles. The zero-order chi connectivity index (χ0) is 51.3. The van der Waals surface area contributed by atoms with E-state index in [4.69, 9.17) is 19.4 Å². The Balaban J connectivity index is 0.993. The molecule has 0 aliphatic carbocycles. The first-order valence-electron chi connectivity index (χ1n) is 26.5. The Labute approximate surface area is 448 Å². The highest BCUT2D eigenvalue weighted by Crippen LogP contribution is 2.46. The Morgan fingerprint density at radius 1 is 0.256 bits per heavy atom. The van der Waals surface area contributed by atoms with E-state index >= 15 is 0 Å². The molecule has 13 aromatic carbocycles. The van der Waals surface area contributed by atoms with Crippen molar-refractivity contribution in [1.29, 1.82) is 0 Å². The van der Waals surface area contributed by atoms with Gasteiger partial charge in [-0.15, -0.1) is 0 Å². The van der Waals surface area contributed by atoms with Gasteiger partial charge >= 0.3 is 0 Å². The Kier molecular flexibility index (Phi) is 9.87. The molecule has 5 nitrogen and oxygen atoms in total. The van der Waals surface area contributed by atoms with Crippen LogP contribution in [0.15, 0.2) is 271 Å². The molecule has 362 valence electrons. The molecule has 78 heavy (non-hydrogen) atoms. The van der Waals surface area contributed by atoms with Gasteiger partial charge in [0.2, 0.25) is 0 Å². The van der Waals surface area contributed by atoms with Gasteiger partial charge in [-0.3, -0.25) is 0 Å². The van der Waals surface area contributed by atoms with Gasteiger partial charge in [0, 0.05) is 49.9 Å². The lowest BCUT2D eigenvalue weighted by Crippen LogP contribution is -2.01. The van der Waals surface area contributed by atoms with Crippen molar-refractivity contribution in [2.75, 3.05) is 0 Å². The summed E-state index contributed by atoms with van der Waals surface area (Å²) in [5, 5.41) is 13.4. The van der Waals surface area contributed by atoms with Gasteiger partial charge in [-0.2, -0.15) is 0 Å². The van der Waals surface area contributed by atoms with E-state index in [1.165, 1.54) is 43.4 Å². The van der Waals surface area contributed by atoms with Gasteiger partial charge in [-0.25, -0.2) is 15.0 Å². The SMILES string of the molecule is c1ccc(-c2ccccc2-c2cccc(-c3cc4c(cc3-n3c5cc6ccccc6cc5c5cc6ccccc6cc53)oc3cccc(-c5nc(-c6cccc7ccccc67)nc(-c6cccc7ccccc67)n5)c34)c2)cc1. The fourth-order valence-corrected chi connectivity index (χ4v) is 12.1. The van der Waals surface area contributed by atoms with E-state index in [1.54, 1.807) is 0 Å². The molecule has 0 fully saturated rings. The number of rotatable bonds is 7. The third kappa shape index (κ3) is 7.06. The number of furan rings is 1. The number of benzene rings is 13. The van der Waals surface area contributed by atoms with Crippen LogP contribution in [0, 0.1) is 0 Å². The summed E-state index contributed by atoms with van der Waals surface area (Å²) in [6.45, 7) is 0. The fraction of sp³-hybridized carbons (Fsp3) is 0. The van der Waals surface area contributed by atoms with Gasteiger partial charge in [-0.1, -0.05) is 218 Å². The first kappa shape index (κ1) is 43.9. The van der Waals surface area contributed by atoms with Gasteiger partial charge in [0.25, 0.3) is 0 Å². The summed E-state index contributed by atoms with van der Waals surface area (Å²) >= 11 is 0. The summed E-state index contributed by atoms with van der Waals surface area (Å²) in [5.41, 5.74) is 14.3. The molecule has 0 atom stereocenters. The molecule has 0 radical (unpaired) electrons. The molecule has 0 amide bonds. The largest absolute Gasteiger partial charge is 0.456 e. The first-order chi connectivity index (χ1) is 38.6. The molecule has 3 aromatic heterocycles. The number of nitrogens with zero attached hydrogens (tertiary/aromatic N) is 4. The van der Waals surface area contributed by atoms with Gasteiger partial charge in [0.05, 0.1) is 16.7 Å². The second kappa shape index (κ2) is 17.6. The minimum atomic E-state index is 0.565. The van der Waals surface area contributed by atoms with Gasteiger partial charge in [0.15, 0.2) is 17.5 Å². The first-order valence-corrected chi connectivity index (χ1v) is 26.5. The smallest absolute Gasteiger partial charge is 0.164 e. The van der Waals surface area contributed by atoms with Crippen molar-refractivity contribution in [3.63, 3.8) is 0 Å². The second-order valence-corrected chi connectivity index (χ2v) is 20.3. The van der Waals surface area contributed by atoms with Gasteiger partial charge in [-0.05, 0) is 113 Å². The average molecular weight is 993 g/mol. The molecule has 0 N–H and O–H groups in total. The highest BCUT2D eigenvalue weighted by atomic mass is 16.3. The summed E-state index contributed by atoms with van der Waals surface area (Å²) in [6, 6.07) is 95.6. The second-order valence-electron chi connectivity index (χ2n) is 20.3. The van der Waals surface area contributed by atoms with Crippen LogP contribution in [0.3, 0.4) is 0 Å². The van der Waals surface area contributed by atoms with Crippen molar-refractivity contribution in [1.82, 2.24) is 19.5 Å². The molecule has 3 heterocycles. The third-order valence-corrected chi connectivity index (χ3v) is 15.8. The number of hydrogen-bond donors (Lipinski definition) is 0. The molecular weight excluding hydrogens is 949 g/mol. The molecule has 16 aromatic rings. The van der Waals surface area contributed by atoms with E-state index in [2.05, 4.69) is 271 Å². The summed E-state index contributed by atoms with van der Waals surface area (Å²) in [7, 11) is 0. The molecule has 0 bridgehead atoms. The monoisotopic (exact) mass is 992 g/mol. The van der Waals surface area contributed by atoms with Crippen molar-refractivity contribution in [3.8, 4) is 73.2 Å². The summed E-state index contributed by atoms with van der Waals surface area (Å²) in [4.78, 5) is 16.2.